The summed E-state index contributed by atoms with van der Waals surface area (Å²) >= 11 is 12.2. The lowest BCUT2D eigenvalue weighted by Crippen LogP contribution is -2.40. The molecule has 52 heavy (non-hydrogen) atoms. The zero-order valence-corrected chi connectivity index (χ0v) is 31.4. The minimum absolute atomic E-state index is 0.0374. The number of aliphatic hydroxyl groups is 1. The monoisotopic (exact) mass is 754 g/mol. The zero-order chi connectivity index (χ0) is 37.5. The minimum atomic E-state index is -0.671. The molecule has 2 fully saturated rings. The van der Waals surface area contributed by atoms with Crippen molar-refractivity contribution in [3.05, 3.63) is 58.9 Å². The van der Waals surface area contributed by atoms with Crippen molar-refractivity contribution < 1.29 is 24.1 Å². The van der Waals surface area contributed by atoms with Crippen molar-refractivity contribution >= 4 is 63.4 Å². The van der Waals surface area contributed by atoms with E-state index in [2.05, 4.69) is 64.5 Å². The third-order valence-corrected chi connectivity index (χ3v) is 11.3. The van der Waals surface area contributed by atoms with Crippen molar-refractivity contribution in [2.24, 2.45) is 10.8 Å². The van der Waals surface area contributed by atoms with Gasteiger partial charge in [0.05, 0.1) is 30.4 Å². The van der Waals surface area contributed by atoms with Crippen molar-refractivity contribution in [3.8, 4) is 0 Å². The molecule has 0 saturated carbocycles. The van der Waals surface area contributed by atoms with Gasteiger partial charge in [-0.1, -0.05) is 82.9 Å². The zero-order valence-electron chi connectivity index (χ0n) is 29.9. The Morgan fingerprint density at radius 1 is 0.808 bits per heavy atom. The molecule has 0 radical (unpaired) electrons. The van der Waals surface area contributed by atoms with Gasteiger partial charge in [0.15, 0.2) is 40.2 Å². The molecule has 5 aromatic rings. The first kappa shape index (κ1) is 37.6. The van der Waals surface area contributed by atoms with E-state index in [9.17, 15) is 9.90 Å². The molecule has 0 amide bonds. The Morgan fingerprint density at radius 3 is 1.77 bits per heavy atom. The predicted molar refractivity (Wildman–Crippen MR) is 196 cm³/mol. The lowest BCUT2D eigenvalue weighted by atomic mass is 9.77. The second kappa shape index (κ2) is 14.7. The molecule has 17 heteroatoms. The summed E-state index contributed by atoms with van der Waals surface area (Å²) in [4.78, 5) is 37.8. The van der Waals surface area contributed by atoms with Crippen LogP contribution in [0.15, 0.2) is 43.0 Å². The summed E-state index contributed by atoms with van der Waals surface area (Å²) < 4.78 is 22.0. The number of aromatic nitrogens is 8. The normalized spacial score (nSPS) is 28.6. The van der Waals surface area contributed by atoms with E-state index < -0.39 is 36.0 Å². The average molecular weight is 756 g/mol. The van der Waals surface area contributed by atoms with Crippen LogP contribution in [0.3, 0.4) is 0 Å². The number of hydrogen-bond acceptors (Lipinski definition) is 13. The van der Waals surface area contributed by atoms with Gasteiger partial charge >= 0.3 is 5.97 Å². The van der Waals surface area contributed by atoms with E-state index in [1.807, 2.05) is 13.0 Å². The first-order valence-corrected chi connectivity index (χ1v) is 18.1. The number of nitrogens with two attached hydrogens (primary N) is 2. The second-order valence-corrected chi connectivity index (χ2v) is 14.3. The summed E-state index contributed by atoms with van der Waals surface area (Å²) in [5.74, 6) is -0.297. The van der Waals surface area contributed by atoms with Gasteiger partial charge < -0.3 is 30.8 Å². The molecule has 278 valence electrons. The third-order valence-electron chi connectivity index (χ3n) is 10.8. The van der Waals surface area contributed by atoms with Gasteiger partial charge in [0.2, 0.25) is 11.9 Å². The lowest BCUT2D eigenvalue weighted by Gasteiger charge is -2.33. The maximum Gasteiger partial charge on any atom is 0.338 e. The minimum Gasteiger partial charge on any atom is -0.453 e. The summed E-state index contributed by atoms with van der Waals surface area (Å²) in [6.45, 7) is 12.4. The molecule has 8 unspecified atom stereocenters. The molecule has 15 nitrogen and oxygen atoms in total. The number of nitrogen functional groups attached to an aromatic ring is 2. The average Bonchev–Trinajstić information content (AvgIpc) is 3.88. The van der Waals surface area contributed by atoms with Crippen LogP contribution in [-0.2, 0) is 14.2 Å². The number of carbonyl (C=O) groups is 1. The number of halogens is 2. The summed E-state index contributed by atoms with van der Waals surface area (Å²) in [7, 11) is 0. The molecule has 8 atom stereocenters. The Labute approximate surface area is 311 Å². The first-order chi connectivity index (χ1) is 24.8. The van der Waals surface area contributed by atoms with Crippen LogP contribution in [0.25, 0.3) is 22.3 Å². The molecule has 0 spiro atoms. The number of anilines is 2. The summed E-state index contributed by atoms with van der Waals surface area (Å²) in [6, 6.07) is 8.92. The van der Waals surface area contributed by atoms with Crippen molar-refractivity contribution in [1.29, 1.82) is 0 Å². The molecule has 6 heterocycles. The smallest absolute Gasteiger partial charge is 0.338 e. The summed E-state index contributed by atoms with van der Waals surface area (Å²) in [6.07, 6.45) is 3.73. The highest BCUT2D eigenvalue weighted by Crippen LogP contribution is 2.50. The van der Waals surface area contributed by atoms with Crippen molar-refractivity contribution in [3.63, 3.8) is 0 Å². The maximum absolute atomic E-state index is 12.9. The first-order valence-electron chi connectivity index (χ1n) is 17.4. The van der Waals surface area contributed by atoms with Crippen LogP contribution in [0.4, 0.5) is 11.9 Å². The van der Waals surface area contributed by atoms with Crippen LogP contribution < -0.4 is 11.5 Å². The van der Waals surface area contributed by atoms with Gasteiger partial charge in [0.25, 0.3) is 0 Å². The Bertz CT molecular complexity index is 2060. The molecule has 2 saturated heterocycles. The van der Waals surface area contributed by atoms with Gasteiger partial charge in [-0.25, -0.2) is 14.8 Å². The van der Waals surface area contributed by atoms with E-state index in [0.717, 1.165) is 25.7 Å². The predicted octanol–water partition coefficient (Wildman–Crippen LogP) is 6.16. The van der Waals surface area contributed by atoms with Crippen LogP contribution in [-0.4, -0.2) is 74.5 Å². The number of nitrogens with zero attached hydrogens (tertiary/aromatic N) is 8. The highest BCUT2D eigenvalue weighted by Gasteiger charge is 2.55. The van der Waals surface area contributed by atoms with Crippen molar-refractivity contribution in [2.45, 2.75) is 104 Å². The molecule has 7 rings (SSSR count). The fourth-order valence-electron chi connectivity index (χ4n) is 7.36. The van der Waals surface area contributed by atoms with Gasteiger partial charge in [-0.15, -0.1) is 0 Å². The quantitative estimate of drug-likeness (QED) is 0.120. The van der Waals surface area contributed by atoms with Crippen LogP contribution >= 0.6 is 23.2 Å². The van der Waals surface area contributed by atoms with E-state index in [-0.39, 0.29) is 39.8 Å². The largest absolute Gasteiger partial charge is 0.453 e. The number of ether oxygens (including phenoxy) is 3. The number of imidazole rings is 2. The van der Waals surface area contributed by atoms with Gasteiger partial charge in [0, 0.05) is 10.8 Å². The SMILES string of the molecule is CCC1OC(n2cnc3c(Cl)nc(N)nc32)C(O)C1(C)CC.CCC1OC(n2cnc3c(Cl)nc(N)nc32)C(OC(=O)c2ccccc2)C1(C)CC. The number of esters is 1. The Balaban J connectivity index is 0.000000187. The summed E-state index contributed by atoms with van der Waals surface area (Å²) in [5.41, 5.74) is 13.0. The number of aliphatic hydroxyl groups excluding tert-OH is 1. The Kier molecular flexibility index (Phi) is 10.6. The van der Waals surface area contributed by atoms with E-state index in [1.54, 1.807) is 46.1 Å². The molecule has 2 aliphatic heterocycles. The molecular weight excluding hydrogens is 711 g/mol. The number of carbonyl (C=O) groups excluding carboxylic acids is 1. The molecule has 5 N–H and O–H groups in total. The van der Waals surface area contributed by atoms with Crippen molar-refractivity contribution in [2.75, 3.05) is 11.5 Å². The van der Waals surface area contributed by atoms with Gasteiger partial charge in [-0.05, 0) is 37.8 Å². The van der Waals surface area contributed by atoms with Crippen LogP contribution in [0.5, 0.6) is 0 Å². The van der Waals surface area contributed by atoms with Gasteiger partial charge in [-0.3, -0.25) is 9.13 Å². The van der Waals surface area contributed by atoms with E-state index in [4.69, 9.17) is 48.9 Å². The molecular formula is C35H44Cl2N10O5. The summed E-state index contributed by atoms with van der Waals surface area (Å²) in [5, 5.41) is 11.2. The second-order valence-electron chi connectivity index (χ2n) is 13.6. The standard InChI is InChI=1S/C21H24ClN5O3.C14H20ClN5O2/c1-4-13-21(3,5-2)15(30-19(28)12-9-7-6-8-10-12)18(29-13)27-11-24-14-16(22)25-20(23)26-17(14)27;1-4-7-14(3,5-2)9(21)12(22-7)20-6-17-8-10(15)18-13(16)19-11(8)20/h6-11,13,15,18H,4-5H2,1-3H3,(H2,23,25,26);6-7,9,12,21H,4-5H2,1-3H3,(H2,16,18,19). The topological polar surface area (TPSA) is 204 Å². The molecule has 2 aliphatic rings. The Morgan fingerprint density at radius 2 is 1.29 bits per heavy atom. The molecule has 0 aliphatic carbocycles. The van der Waals surface area contributed by atoms with E-state index in [0.29, 0.717) is 27.9 Å². The van der Waals surface area contributed by atoms with Crippen LogP contribution in [0, 0.1) is 10.8 Å². The Hall–Kier alpha value is -4.15. The van der Waals surface area contributed by atoms with E-state index in [1.165, 1.54) is 0 Å². The highest BCUT2D eigenvalue weighted by molar-refractivity contribution is 6.34. The van der Waals surface area contributed by atoms with Gasteiger partial charge in [0.1, 0.15) is 17.1 Å². The number of hydrogen-bond donors (Lipinski definition) is 3. The van der Waals surface area contributed by atoms with E-state index >= 15 is 0 Å². The lowest BCUT2D eigenvalue weighted by molar-refractivity contribution is -0.0478. The maximum atomic E-state index is 12.9. The number of rotatable bonds is 8. The van der Waals surface area contributed by atoms with Crippen molar-refractivity contribution in [1.82, 2.24) is 39.0 Å². The van der Waals surface area contributed by atoms with Crippen LogP contribution in [0.1, 0.15) is 90.0 Å². The number of fused-ring (bicyclic) bond motifs is 2. The van der Waals surface area contributed by atoms with Crippen LogP contribution in [0.2, 0.25) is 10.3 Å². The highest BCUT2D eigenvalue weighted by atomic mass is 35.5. The number of benzene rings is 1. The molecule has 1 aromatic carbocycles. The molecule has 4 aromatic heterocycles. The van der Waals surface area contributed by atoms with Gasteiger partial charge in [-0.2, -0.15) is 19.9 Å². The third kappa shape index (κ3) is 6.42. The fourth-order valence-corrected chi connectivity index (χ4v) is 7.80. The fraction of sp³-hybridized carbons (Fsp3) is 0.514. The molecule has 0 bridgehead atoms.